The lowest BCUT2D eigenvalue weighted by molar-refractivity contribution is -0.0787. The van der Waals surface area contributed by atoms with Gasteiger partial charge in [-0.15, -0.1) is 0 Å². The highest BCUT2D eigenvalue weighted by atomic mass is 16.5. The molecule has 0 aliphatic heterocycles. The van der Waals surface area contributed by atoms with Crippen molar-refractivity contribution in [3.8, 4) is 0 Å². The van der Waals surface area contributed by atoms with Crippen LogP contribution in [0.1, 0.15) is 65.2 Å². The van der Waals surface area contributed by atoms with Crippen LogP contribution in [-0.4, -0.2) is 18.2 Å². The van der Waals surface area contributed by atoms with Crippen LogP contribution in [0.5, 0.6) is 0 Å². The Bertz CT molecular complexity index is 177. The first-order valence-corrected chi connectivity index (χ1v) is 6.89. The molecule has 0 aromatic rings. The molecule has 1 fully saturated rings. The number of hydrogen-bond donors (Lipinski definition) is 2. The molecule has 0 bridgehead atoms. The lowest BCUT2D eigenvalue weighted by Crippen LogP contribution is -2.54. The molecule has 3 heteroatoms. The molecule has 0 heterocycles. The van der Waals surface area contributed by atoms with E-state index < -0.39 is 0 Å². The highest BCUT2D eigenvalue weighted by Crippen LogP contribution is 2.34. The molecule has 0 saturated heterocycles. The Kier molecular flexibility index (Phi) is 6.32. The molecule has 1 rings (SSSR count). The molecular formula is C13H28N2O. The van der Waals surface area contributed by atoms with Crippen molar-refractivity contribution < 1.29 is 4.74 Å². The number of hydrazine groups is 1. The number of nitrogens with two attached hydrogens (primary N) is 1. The van der Waals surface area contributed by atoms with Gasteiger partial charge in [0.2, 0.25) is 0 Å². The standard InChI is InChI=1S/C13H28N2O/c1-3-9-12(15-14)13(16-4-2)10-7-5-6-8-11-13/h12,15H,3-11,14H2,1-2H3. The van der Waals surface area contributed by atoms with Crippen molar-refractivity contribution in [3.63, 3.8) is 0 Å². The third kappa shape index (κ3) is 3.44. The van der Waals surface area contributed by atoms with Gasteiger partial charge in [-0.1, -0.05) is 39.0 Å². The Balaban J connectivity index is 2.73. The van der Waals surface area contributed by atoms with Gasteiger partial charge in [-0.2, -0.15) is 0 Å². The van der Waals surface area contributed by atoms with E-state index in [0.29, 0.717) is 6.04 Å². The molecule has 0 aromatic heterocycles. The van der Waals surface area contributed by atoms with Crippen molar-refractivity contribution in [3.05, 3.63) is 0 Å². The maximum atomic E-state index is 6.11. The van der Waals surface area contributed by atoms with Crippen molar-refractivity contribution in [2.24, 2.45) is 5.84 Å². The highest BCUT2D eigenvalue weighted by molar-refractivity contribution is 4.93. The van der Waals surface area contributed by atoms with Crippen LogP contribution in [0.3, 0.4) is 0 Å². The topological polar surface area (TPSA) is 47.3 Å². The van der Waals surface area contributed by atoms with Crippen LogP contribution in [0.25, 0.3) is 0 Å². The molecule has 96 valence electrons. The van der Waals surface area contributed by atoms with Crippen LogP contribution in [0.2, 0.25) is 0 Å². The maximum Gasteiger partial charge on any atom is 0.0848 e. The molecule has 0 aromatic carbocycles. The quantitative estimate of drug-likeness (QED) is 0.417. The third-order valence-corrected chi connectivity index (χ3v) is 3.80. The fourth-order valence-electron chi connectivity index (χ4n) is 2.99. The highest BCUT2D eigenvalue weighted by Gasteiger charge is 2.38. The van der Waals surface area contributed by atoms with Gasteiger partial charge in [0.05, 0.1) is 11.6 Å². The summed E-state index contributed by atoms with van der Waals surface area (Å²) in [5.74, 6) is 5.73. The fraction of sp³-hybridized carbons (Fsp3) is 1.00. The van der Waals surface area contributed by atoms with E-state index in [1.807, 2.05) is 0 Å². The van der Waals surface area contributed by atoms with Crippen molar-refractivity contribution in [2.45, 2.75) is 76.9 Å². The number of nitrogens with one attached hydrogen (secondary N) is 1. The molecule has 1 saturated carbocycles. The van der Waals surface area contributed by atoms with Gasteiger partial charge in [-0.05, 0) is 26.2 Å². The molecule has 3 N–H and O–H groups in total. The number of rotatable bonds is 6. The molecule has 1 aliphatic rings. The first-order chi connectivity index (χ1) is 7.79. The smallest absolute Gasteiger partial charge is 0.0848 e. The molecule has 0 amide bonds. The summed E-state index contributed by atoms with van der Waals surface area (Å²) in [7, 11) is 0. The number of ether oxygens (including phenoxy) is 1. The summed E-state index contributed by atoms with van der Waals surface area (Å²) in [6.45, 7) is 5.09. The summed E-state index contributed by atoms with van der Waals surface area (Å²) >= 11 is 0. The molecule has 3 nitrogen and oxygen atoms in total. The Morgan fingerprint density at radius 3 is 2.25 bits per heavy atom. The number of hydrogen-bond acceptors (Lipinski definition) is 3. The van der Waals surface area contributed by atoms with Crippen molar-refractivity contribution in [1.82, 2.24) is 5.43 Å². The predicted octanol–water partition coefficient (Wildman–Crippen LogP) is 2.75. The maximum absolute atomic E-state index is 6.11. The summed E-state index contributed by atoms with van der Waals surface area (Å²) in [6, 6.07) is 0.315. The van der Waals surface area contributed by atoms with Crippen LogP contribution >= 0.6 is 0 Å². The molecule has 1 atom stereocenters. The molecule has 1 unspecified atom stereocenters. The average molecular weight is 228 g/mol. The zero-order valence-electron chi connectivity index (χ0n) is 10.9. The first-order valence-electron chi connectivity index (χ1n) is 6.89. The summed E-state index contributed by atoms with van der Waals surface area (Å²) < 4.78 is 6.11. The van der Waals surface area contributed by atoms with E-state index in [-0.39, 0.29) is 5.60 Å². The van der Waals surface area contributed by atoms with E-state index >= 15 is 0 Å². The first kappa shape index (κ1) is 13.9. The Morgan fingerprint density at radius 2 is 1.81 bits per heavy atom. The average Bonchev–Trinajstić information content (AvgIpc) is 2.53. The van der Waals surface area contributed by atoms with E-state index in [1.54, 1.807) is 0 Å². The largest absolute Gasteiger partial charge is 0.374 e. The minimum atomic E-state index is -0.00396. The molecular weight excluding hydrogens is 200 g/mol. The lowest BCUT2D eigenvalue weighted by Gasteiger charge is -2.40. The molecule has 16 heavy (non-hydrogen) atoms. The third-order valence-electron chi connectivity index (χ3n) is 3.80. The van der Waals surface area contributed by atoms with Crippen LogP contribution in [-0.2, 0) is 4.74 Å². The Morgan fingerprint density at radius 1 is 1.19 bits per heavy atom. The van der Waals surface area contributed by atoms with Gasteiger partial charge in [-0.25, -0.2) is 0 Å². The molecule has 0 spiro atoms. The summed E-state index contributed by atoms with van der Waals surface area (Å²) in [4.78, 5) is 0. The van der Waals surface area contributed by atoms with Crippen molar-refractivity contribution >= 4 is 0 Å². The van der Waals surface area contributed by atoms with Crippen LogP contribution in [0.15, 0.2) is 0 Å². The van der Waals surface area contributed by atoms with Gasteiger partial charge >= 0.3 is 0 Å². The van der Waals surface area contributed by atoms with Gasteiger partial charge in [0.1, 0.15) is 0 Å². The van der Waals surface area contributed by atoms with Crippen LogP contribution in [0, 0.1) is 0 Å². The van der Waals surface area contributed by atoms with Gasteiger partial charge in [0.15, 0.2) is 0 Å². The summed E-state index contributed by atoms with van der Waals surface area (Å²) in [5, 5.41) is 0. The minimum Gasteiger partial charge on any atom is -0.374 e. The van der Waals surface area contributed by atoms with Gasteiger partial charge in [0.25, 0.3) is 0 Å². The second-order valence-electron chi connectivity index (χ2n) is 4.92. The van der Waals surface area contributed by atoms with Gasteiger partial charge < -0.3 is 4.74 Å². The lowest BCUT2D eigenvalue weighted by atomic mass is 9.84. The Labute approximate surface area is 100 Å². The zero-order valence-corrected chi connectivity index (χ0v) is 10.9. The molecule has 0 radical (unpaired) electrons. The van der Waals surface area contributed by atoms with Crippen molar-refractivity contribution in [2.75, 3.05) is 6.61 Å². The van der Waals surface area contributed by atoms with Gasteiger partial charge in [0, 0.05) is 6.61 Å². The van der Waals surface area contributed by atoms with Crippen LogP contribution < -0.4 is 11.3 Å². The van der Waals surface area contributed by atoms with Crippen LogP contribution in [0.4, 0.5) is 0 Å². The molecule has 1 aliphatic carbocycles. The van der Waals surface area contributed by atoms with E-state index in [2.05, 4.69) is 19.3 Å². The van der Waals surface area contributed by atoms with Crippen molar-refractivity contribution in [1.29, 1.82) is 0 Å². The normalized spacial score (nSPS) is 22.7. The van der Waals surface area contributed by atoms with E-state index in [1.165, 1.54) is 25.7 Å². The predicted molar refractivity (Wildman–Crippen MR) is 68.1 cm³/mol. The SMILES string of the molecule is CCCC(NN)C1(OCC)CCCCCC1. The second kappa shape index (κ2) is 7.25. The van der Waals surface area contributed by atoms with E-state index in [9.17, 15) is 0 Å². The zero-order chi connectivity index (χ0) is 11.9. The summed E-state index contributed by atoms with van der Waals surface area (Å²) in [5.41, 5.74) is 3.00. The fourth-order valence-corrected chi connectivity index (χ4v) is 2.99. The summed E-state index contributed by atoms with van der Waals surface area (Å²) in [6.07, 6.45) is 9.84. The van der Waals surface area contributed by atoms with Gasteiger partial charge in [-0.3, -0.25) is 11.3 Å². The van der Waals surface area contributed by atoms with E-state index in [0.717, 1.165) is 32.3 Å². The Hall–Kier alpha value is -0.120. The second-order valence-corrected chi connectivity index (χ2v) is 4.92. The monoisotopic (exact) mass is 228 g/mol. The minimum absolute atomic E-state index is 0.00396. The van der Waals surface area contributed by atoms with E-state index in [4.69, 9.17) is 10.6 Å².